The highest BCUT2D eigenvalue weighted by Crippen LogP contribution is 2.19. The first-order valence-electron chi connectivity index (χ1n) is 7.21. The summed E-state index contributed by atoms with van der Waals surface area (Å²) in [5.74, 6) is 1.09. The van der Waals surface area contributed by atoms with E-state index in [0.29, 0.717) is 19.0 Å². The summed E-state index contributed by atoms with van der Waals surface area (Å²) in [6.45, 7) is 3.71. The second kappa shape index (κ2) is 6.75. The molecule has 1 atom stereocenters. The third-order valence-electron chi connectivity index (χ3n) is 3.89. The van der Waals surface area contributed by atoms with Crippen molar-refractivity contribution in [2.45, 2.75) is 38.8 Å². The van der Waals surface area contributed by atoms with Gasteiger partial charge in [0, 0.05) is 26.1 Å². The molecule has 0 saturated carbocycles. The molecule has 110 valence electrons. The van der Waals surface area contributed by atoms with Gasteiger partial charge in [-0.25, -0.2) is 0 Å². The van der Waals surface area contributed by atoms with Crippen LogP contribution in [-0.4, -0.2) is 37.6 Å². The number of amides is 1. The van der Waals surface area contributed by atoms with Crippen LogP contribution >= 0.6 is 0 Å². The fourth-order valence-electron chi connectivity index (χ4n) is 2.70. The van der Waals surface area contributed by atoms with Crippen molar-refractivity contribution >= 4 is 5.91 Å². The van der Waals surface area contributed by atoms with Gasteiger partial charge in [-0.3, -0.25) is 4.79 Å². The fourth-order valence-corrected chi connectivity index (χ4v) is 2.70. The molecule has 1 fully saturated rings. The molecule has 1 heterocycles. The number of benzene rings is 1. The van der Waals surface area contributed by atoms with Crippen molar-refractivity contribution in [3.05, 3.63) is 29.3 Å². The van der Waals surface area contributed by atoms with Crippen LogP contribution in [0.2, 0.25) is 0 Å². The molecule has 1 saturated heterocycles. The number of methoxy groups -OCH3 is 1. The normalized spacial score (nSPS) is 18.1. The molecule has 4 nitrogen and oxygen atoms in total. The Bertz CT molecular complexity index is 468. The molecule has 20 heavy (non-hydrogen) atoms. The van der Waals surface area contributed by atoms with Crippen LogP contribution in [0.25, 0.3) is 0 Å². The van der Waals surface area contributed by atoms with Crippen LogP contribution in [0.3, 0.4) is 0 Å². The first-order chi connectivity index (χ1) is 9.60. The van der Waals surface area contributed by atoms with Crippen LogP contribution in [0.5, 0.6) is 5.75 Å². The largest absolute Gasteiger partial charge is 0.496 e. The third-order valence-corrected chi connectivity index (χ3v) is 3.89. The Labute approximate surface area is 121 Å². The molecule has 0 aromatic heterocycles. The minimum atomic E-state index is 0.206. The topological polar surface area (TPSA) is 41.6 Å². The van der Waals surface area contributed by atoms with Crippen LogP contribution in [-0.2, 0) is 11.3 Å². The summed E-state index contributed by atoms with van der Waals surface area (Å²) in [6, 6.07) is 6.42. The summed E-state index contributed by atoms with van der Waals surface area (Å²) in [5, 5.41) is 3.37. The lowest BCUT2D eigenvalue weighted by Gasteiger charge is -2.20. The van der Waals surface area contributed by atoms with E-state index in [1.165, 1.54) is 6.42 Å². The molecule has 1 aromatic rings. The van der Waals surface area contributed by atoms with Gasteiger partial charge in [0.15, 0.2) is 0 Å². The van der Waals surface area contributed by atoms with Gasteiger partial charge in [-0.1, -0.05) is 12.1 Å². The number of hydrogen-bond acceptors (Lipinski definition) is 3. The van der Waals surface area contributed by atoms with E-state index in [9.17, 15) is 4.79 Å². The Morgan fingerprint density at radius 3 is 2.90 bits per heavy atom. The Morgan fingerprint density at radius 1 is 1.50 bits per heavy atom. The smallest absolute Gasteiger partial charge is 0.224 e. The van der Waals surface area contributed by atoms with Gasteiger partial charge in [0.25, 0.3) is 0 Å². The standard InChI is InChI=1S/C16H24N2O2/c1-12-9-13(6-7-15(12)20-3)11-18(2)16(19)10-14-5-4-8-17-14/h6-7,9,14,17H,4-5,8,10-11H2,1-3H3. The van der Waals surface area contributed by atoms with Gasteiger partial charge in [-0.05, 0) is 43.5 Å². The molecule has 4 heteroatoms. The molecule has 2 rings (SSSR count). The molecule has 0 bridgehead atoms. The highest BCUT2D eigenvalue weighted by atomic mass is 16.5. The number of carbonyl (C=O) groups excluding carboxylic acids is 1. The van der Waals surface area contributed by atoms with Crippen molar-refractivity contribution < 1.29 is 9.53 Å². The fraction of sp³-hybridized carbons (Fsp3) is 0.562. The summed E-state index contributed by atoms with van der Waals surface area (Å²) in [4.78, 5) is 14.0. The molecule has 1 N–H and O–H groups in total. The number of nitrogens with zero attached hydrogens (tertiary/aromatic N) is 1. The van der Waals surface area contributed by atoms with Gasteiger partial charge in [-0.2, -0.15) is 0 Å². The van der Waals surface area contributed by atoms with E-state index >= 15 is 0 Å². The quantitative estimate of drug-likeness (QED) is 0.895. The average molecular weight is 276 g/mol. The molecule has 1 aliphatic heterocycles. The van der Waals surface area contributed by atoms with Gasteiger partial charge in [0.1, 0.15) is 5.75 Å². The van der Waals surface area contributed by atoms with E-state index in [-0.39, 0.29) is 5.91 Å². The van der Waals surface area contributed by atoms with Gasteiger partial charge in [-0.15, -0.1) is 0 Å². The summed E-state index contributed by atoms with van der Waals surface area (Å²) in [7, 11) is 3.54. The van der Waals surface area contributed by atoms with Crippen molar-refractivity contribution in [2.24, 2.45) is 0 Å². The van der Waals surface area contributed by atoms with E-state index in [2.05, 4.69) is 11.4 Å². The number of carbonyl (C=O) groups is 1. The van der Waals surface area contributed by atoms with Crippen molar-refractivity contribution in [3.63, 3.8) is 0 Å². The molecule has 0 radical (unpaired) electrons. The summed E-state index contributed by atoms with van der Waals surface area (Å²) >= 11 is 0. The number of ether oxygens (including phenoxy) is 1. The Hall–Kier alpha value is -1.55. The predicted octanol–water partition coefficient (Wildman–Crippen LogP) is 2.10. The highest BCUT2D eigenvalue weighted by Gasteiger charge is 2.19. The molecule has 1 aliphatic rings. The van der Waals surface area contributed by atoms with Crippen molar-refractivity contribution in [1.82, 2.24) is 10.2 Å². The molecule has 0 spiro atoms. The molecule has 1 aromatic carbocycles. The number of hydrogen-bond donors (Lipinski definition) is 1. The third kappa shape index (κ3) is 3.73. The average Bonchev–Trinajstić information content (AvgIpc) is 2.91. The maximum absolute atomic E-state index is 12.2. The lowest BCUT2D eigenvalue weighted by atomic mass is 10.1. The lowest BCUT2D eigenvalue weighted by molar-refractivity contribution is -0.130. The minimum Gasteiger partial charge on any atom is -0.496 e. The van der Waals surface area contributed by atoms with E-state index in [4.69, 9.17) is 4.74 Å². The van der Waals surface area contributed by atoms with Crippen molar-refractivity contribution in [1.29, 1.82) is 0 Å². The lowest BCUT2D eigenvalue weighted by Crippen LogP contribution is -2.33. The molecule has 0 aliphatic carbocycles. The Balaban J connectivity index is 1.91. The molecular formula is C16H24N2O2. The zero-order valence-electron chi connectivity index (χ0n) is 12.6. The van der Waals surface area contributed by atoms with Gasteiger partial charge in [0.2, 0.25) is 5.91 Å². The summed E-state index contributed by atoms with van der Waals surface area (Å²) in [6.07, 6.45) is 2.90. The van der Waals surface area contributed by atoms with Crippen LogP contribution in [0.1, 0.15) is 30.4 Å². The SMILES string of the molecule is COc1ccc(CN(C)C(=O)CC2CCCN2)cc1C. The first-order valence-corrected chi connectivity index (χ1v) is 7.21. The van der Waals surface area contributed by atoms with E-state index < -0.39 is 0 Å². The summed E-state index contributed by atoms with van der Waals surface area (Å²) in [5.41, 5.74) is 2.24. The number of rotatable bonds is 5. The number of aryl methyl sites for hydroxylation is 1. The Morgan fingerprint density at radius 2 is 2.30 bits per heavy atom. The molecule has 1 unspecified atom stereocenters. The monoisotopic (exact) mass is 276 g/mol. The van der Waals surface area contributed by atoms with Crippen molar-refractivity contribution in [2.75, 3.05) is 20.7 Å². The predicted molar refractivity (Wildman–Crippen MR) is 79.8 cm³/mol. The van der Waals surface area contributed by atoms with Crippen LogP contribution < -0.4 is 10.1 Å². The molecular weight excluding hydrogens is 252 g/mol. The van der Waals surface area contributed by atoms with E-state index in [1.807, 2.05) is 26.1 Å². The van der Waals surface area contributed by atoms with Gasteiger partial charge in [0.05, 0.1) is 7.11 Å². The van der Waals surface area contributed by atoms with Crippen molar-refractivity contribution in [3.8, 4) is 5.75 Å². The zero-order chi connectivity index (χ0) is 14.5. The summed E-state index contributed by atoms with van der Waals surface area (Å²) < 4.78 is 5.25. The maximum Gasteiger partial charge on any atom is 0.224 e. The van der Waals surface area contributed by atoms with Crippen LogP contribution in [0.15, 0.2) is 18.2 Å². The molecule has 1 amide bonds. The number of nitrogens with one attached hydrogen (secondary N) is 1. The second-order valence-corrected chi connectivity index (χ2v) is 5.55. The highest BCUT2D eigenvalue weighted by molar-refractivity contribution is 5.76. The zero-order valence-corrected chi connectivity index (χ0v) is 12.6. The van der Waals surface area contributed by atoms with Crippen LogP contribution in [0, 0.1) is 6.92 Å². The van der Waals surface area contributed by atoms with E-state index in [0.717, 1.165) is 29.8 Å². The maximum atomic E-state index is 12.2. The van der Waals surface area contributed by atoms with Gasteiger partial charge < -0.3 is 15.0 Å². The second-order valence-electron chi connectivity index (χ2n) is 5.55. The van der Waals surface area contributed by atoms with Gasteiger partial charge >= 0.3 is 0 Å². The Kier molecular flexibility index (Phi) is 5.01. The first kappa shape index (κ1) is 14.9. The minimum absolute atomic E-state index is 0.206. The van der Waals surface area contributed by atoms with Crippen LogP contribution in [0.4, 0.5) is 0 Å². The van der Waals surface area contributed by atoms with E-state index in [1.54, 1.807) is 12.0 Å².